The second kappa shape index (κ2) is 7.91. The molecule has 0 spiro atoms. The maximum atomic E-state index is 12.4. The Labute approximate surface area is 158 Å². The minimum absolute atomic E-state index is 0.0228. The van der Waals surface area contributed by atoms with E-state index in [1.807, 2.05) is 48.2 Å². The molecule has 138 valence electrons. The highest BCUT2D eigenvalue weighted by Crippen LogP contribution is 2.27. The van der Waals surface area contributed by atoms with E-state index in [-0.39, 0.29) is 11.9 Å². The molecular weight excluding hydrogens is 346 g/mol. The molecule has 1 atom stereocenters. The van der Waals surface area contributed by atoms with Gasteiger partial charge in [-0.15, -0.1) is 11.3 Å². The lowest BCUT2D eigenvalue weighted by Gasteiger charge is -2.15. The summed E-state index contributed by atoms with van der Waals surface area (Å²) in [4.78, 5) is 13.5. The van der Waals surface area contributed by atoms with Gasteiger partial charge in [-0.1, -0.05) is 6.07 Å². The maximum absolute atomic E-state index is 12.4. The summed E-state index contributed by atoms with van der Waals surface area (Å²) in [5, 5.41) is 9.64. The Morgan fingerprint density at radius 2 is 2.15 bits per heavy atom. The van der Waals surface area contributed by atoms with Crippen molar-refractivity contribution in [1.29, 1.82) is 0 Å². The fourth-order valence-electron chi connectivity index (χ4n) is 3.33. The van der Waals surface area contributed by atoms with Crippen molar-refractivity contribution in [2.75, 3.05) is 0 Å². The Kier molecular flexibility index (Phi) is 5.61. The van der Waals surface area contributed by atoms with E-state index in [2.05, 4.69) is 24.3 Å². The van der Waals surface area contributed by atoms with Crippen LogP contribution in [0.3, 0.4) is 0 Å². The molecule has 5 nitrogen and oxygen atoms in total. The Hall–Kier alpha value is -2.34. The van der Waals surface area contributed by atoms with Crippen LogP contribution >= 0.6 is 11.3 Å². The van der Waals surface area contributed by atoms with Crippen LogP contribution in [0.25, 0.3) is 10.6 Å². The SMILES string of the molecule is CCn1nc(C)c([C@@H](C)NC(=O)CCc2ccc(-c3cccs3)o2)c1C. The number of thiophene rings is 1. The summed E-state index contributed by atoms with van der Waals surface area (Å²) in [5.74, 6) is 1.72. The summed E-state index contributed by atoms with van der Waals surface area (Å²) >= 11 is 1.65. The smallest absolute Gasteiger partial charge is 0.220 e. The summed E-state index contributed by atoms with van der Waals surface area (Å²) in [6.45, 7) is 8.96. The summed E-state index contributed by atoms with van der Waals surface area (Å²) in [5.41, 5.74) is 3.20. The van der Waals surface area contributed by atoms with Gasteiger partial charge >= 0.3 is 0 Å². The number of nitrogens with zero attached hydrogens (tertiary/aromatic N) is 2. The Balaban J connectivity index is 1.57. The molecule has 0 unspecified atom stereocenters. The lowest BCUT2D eigenvalue weighted by molar-refractivity contribution is -0.121. The monoisotopic (exact) mass is 371 g/mol. The maximum Gasteiger partial charge on any atom is 0.220 e. The van der Waals surface area contributed by atoms with Crippen LogP contribution in [0, 0.1) is 13.8 Å². The highest BCUT2D eigenvalue weighted by atomic mass is 32.1. The van der Waals surface area contributed by atoms with E-state index < -0.39 is 0 Å². The normalized spacial score (nSPS) is 12.3. The predicted molar refractivity (Wildman–Crippen MR) is 104 cm³/mol. The summed E-state index contributed by atoms with van der Waals surface area (Å²) in [6.07, 6.45) is 0.998. The van der Waals surface area contributed by atoms with Crippen molar-refractivity contribution in [3.8, 4) is 10.6 Å². The van der Waals surface area contributed by atoms with E-state index in [1.54, 1.807) is 11.3 Å². The molecule has 0 bridgehead atoms. The number of furan rings is 1. The standard InChI is InChI=1S/C20H25N3O2S/c1-5-23-15(4)20(14(3)22-23)13(2)21-19(24)11-9-16-8-10-17(25-16)18-7-6-12-26-18/h6-8,10,12-13H,5,9,11H2,1-4H3,(H,21,24)/t13-/m1/s1. The topological polar surface area (TPSA) is 60.1 Å². The first kappa shape index (κ1) is 18.5. The third-order valence-electron chi connectivity index (χ3n) is 4.57. The summed E-state index contributed by atoms with van der Waals surface area (Å²) in [6, 6.07) is 7.89. The molecule has 6 heteroatoms. The molecule has 1 amide bonds. The van der Waals surface area contributed by atoms with Gasteiger partial charge in [-0.05, 0) is 51.3 Å². The van der Waals surface area contributed by atoms with Gasteiger partial charge in [-0.3, -0.25) is 9.48 Å². The molecule has 0 aliphatic carbocycles. The van der Waals surface area contributed by atoms with Gasteiger partial charge in [0.2, 0.25) is 5.91 Å². The predicted octanol–water partition coefficient (Wildman–Crippen LogP) is 4.65. The van der Waals surface area contributed by atoms with Crippen molar-refractivity contribution in [3.05, 3.63) is 52.4 Å². The molecule has 1 N–H and O–H groups in total. The quantitative estimate of drug-likeness (QED) is 0.657. The molecule has 3 heterocycles. The average Bonchev–Trinajstić information content (AvgIpc) is 3.32. The zero-order valence-corrected chi connectivity index (χ0v) is 16.5. The van der Waals surface area contributed by atoms with Gasteiger partial charge in [0.25, 0.3) is 0 Å². The first-order valence-electron chi connectivity index (χ1n) is 8.95. The fraction of sp³-hybridized carbons (Fsp3) is 0.400. The third kappa shape index (κ3) is 3.90. The van der Waals surface area contributed by atoms with Gasteiger partial charge in [-0.25, -0.2) is 0 Å². The van der Waals surface area contributed by atoms with E-state index in [4.69, 9.17) is 4.42 Å². The third-order valence-corrected chi connectivity index (χ3v) is 5.46. The van der Waals surface area contributed by atoms with Crippen LogP contribution in [0.15, 0.2) is 34.1 Å². The molecule has 0 radical (unpaired) electrons. The number of carbonyl (C=O) groups is 1. The van der Waals surface area contributed by atoms with Gasteiger partial charge in [-0.2, -0.15) is 5.10 Å². The van der Waals surface area contributed by atoms with Crippen LogP contribution in [-0.2, 0) is 17.8 Å². The molecule has 3 aromatic rings. The molecule has 0 saturated carbocycles. The fourth-order valence-corrected chi connectivity index (χ4v) is 4.02. The summed E-state index contributed by atoms with van der Waals surface area (Å²) in [7, 11) is 0. The minimum atomic E-state index is -0.0546. The second-order valence-corrected chi connectivity index (χ2v) is 7.38. The molecule has 0 saturated heterocycles. The number of hydrogen-bond donors (Lipinski definition) is 1. The Morgan fingerprint density at radius 3 is 2.81 bits per heavy atom. The largest absolute Gasteiger partial charge is 0.460 e. The van der Waals surface area contributed by atoms with Crippen LogP contribution in [0.1, 0.15) is 49.0 Å². The van der Waals surface area contributed by atoms with Gasteiger partial charge in [0.1, 0.15) is 11.5 Å². The van der Waals surface area contributed by atoms with Crippen molar-refractivity contribution in [2.24, 2.45) is 0 Å². The molecular formula is C20H25N3O2S. The first-order valence-corrected chi connectivity index (χ1v) is 9.83. The molecule has 26 heavy (non-hydrogen) atoms. The first-order chi connectivity index (χ1) is 12.5. The molecule has 3 aromatic heterocycles. The van der Waals surface area contributed by atoms with Crippen molar-refractivity contribution in [2.45, 2.75) is 53.1 Å². The molecule has 0 aliphatic rings. The zero-order valence-electron chi connectivity index (χ0n) is 15.7. The number of nitrogens with one attached hydrogen (secondary N) is 1. The minimum Gasteiger partial charge on any atom is -0.460 e. The van der Waals surface area contributed by atoms with Crippen LogP contribution in [0.2, 0.25) is 0 Å². The van der Waals surface area contributed by atoms with Crippen molar-refractivity contribution < 1.29 is 9.21 Å². The number of carbonyl (C=O) groups excluding carboxylic acids is 1. The van der Waals surface area contributed by atoms with Crippen LogP contribution < -0.4 is 5.32 Å². The highest BCUT2D eigenvalue weighted by Gasteiger charge is 2.19. The van der Waals surface area contributed by atoms with Gasteiger partial charge in [0.05, 0.1) is 16.6 Å². The number of aromatic nitrogens is 2. The zero-order chi connectivity index (χ0) is 18.7. The molecule has 0 fully saturated rings. The Morgan fingerprint density at radius 1 is 1.35 bits per heavy atom. The number of rotatable bonds is 7. The lowest BCUT2D eigenvalue weighted by Crippen LogP contribution is -2.27. The molecule has 3 rings (SSSR count). The average molecular weight is 372 g/mol. The second-order valence-electron chi connectivity index (χ2n) is 6.43. The van der Waals surface area contributed by atoms with Crippen LogP contribution in [-0.4, -0.2) is 15.7 Å². The van der Waals surface area contributed by atoms with Crippen molar-refractivity contribution >= 4 is 17.2 Å². The summed E-state index contributed by atoms with van der Waals surface area (Å²) < 4.78 is 7.82. The molecule has 0 aliphatic heterocycles. The van der Waals surface area contributed by atoms with Gasteiger partial charge in [0.15, 0.2) is 0 Å². The van der Waals surface area contributed by atoms with Gasteiger partial charge in [0, 0.05) is 30.6 Å². The number of aryl methyl sites for hydroxylation is 3. The lowest BCUT2D eigenvalue weighted by atomic mass is 10.1. The van der Waals surface area contributed by atoms with E-state index in [1.165, 1.54) is 0 Å². The van der Waals surface area contributed by atoms with Gasteiger partial charge < -0.3 is 9.73 Å². The van der Waals surface area contributed by atoms with Crippen molar-refractivity contribution in [1.82, 2.24) is 15.1 Å². The Bertz CT molecular complexity index is 877. The number of amides is 1. The van der Waals surface area contributed by atoms with Crippen molar-refractivity contribution in [3.63, 3.8) is 0 Å². The highest BCUT2D eigenvalue weighted by molar-refractivity contribution is 7.13. The molecule has 0 aromatic carbocycles. The van der Waals surface area contributed by atoms with Crippen LogP contribution in [0.4, 0.5) is 0 Å². The van der Waals surface area contributed by atoms with E-state index in [0.717, 1.165) is 39.9 Å². The van der Waals surface area contributed by atoms with E-state index in [9.17, 15) is 4.79 Å². The number of hydrogen-bond acceptors (Lipinski definition) is 4. The van der Waals surface area contributed by atoms with E-state index in [0.29, 0.717) is 12.8 Å². The van der Waals surface area contributed by atoms with E-state index >= 15 is 0 Å². The van der Waals surface area contributed by atoms with Crippen LogP contribution in [0.5, 0.6) is 0 Å².